The van der Waals surface area contributed by atoms with Gasteiger partial charge in [-0.3, -0.25) is 0 Å². The number of terminal acetylenes is 1. The van der Waals surface area contributed by atoms with Crippen LogP contribution in [0.3, 0.4) is 0 Å². The second kappa shape index (κ2) is 7.64. The number of nitrogens with two attached hydrogens (primary N) is 1. The lowest BCUT2D eigenvalue weighted by molar-refractivity contribution is 0.0197. The van der Waals surface area contributed by atoms with Crippen molar-refractivity contribution in [3.63, 3.8) is 0 Å². The highest BCUT2D eigenvalue weighted by molar-refractivity contribution is 5.90. The van der Waals surface area contributed by atoms with Gasteiger partial charge in [0.05, 0.1) is 11.4 Å². The number of rotatable bonds is 4. The van der Waals surface area contributed by atoms with Crippen molar-refractivity contribution in [2.75, 3.05) is 26.0 Å². The molecular weight excluding hydrogens is 360 g/mol. The molecule has 9 nitrogen and oxygen atoms in total. The monoisotopic (exact) mass is 386 g/mol. The van der Waals surface area contributed by atoms with Gasteiger partial charge < -0.3 is 20.1 Å². The Morgan fingerprint density at radius 2 is 2.18 bits per heavy atom. The summed E-state index contributed by atoms with van der Waals surface area (Å²) in [6, 6.07) is -0.138. The smallest absolute Gasteiger partial charge is 0.410 e. The van der Waals surface area contributed by atoms with Crippen molar-refractivity contribution in [1.82, 2.24) is 24.6 Å². The van der Waals surface area contributed by atoms with Crippen LogP contribution in [0.15, 0.2) is 6.33 Å². The van der Waals surface area contributed by atoms with Gasteiger partial charge in [0.2, 0.25) is 0 Å². The van der Waals surface area contributed by atoms with Gasteiger partial charge in [0.25, 0.3) is 0 Å². The Morgan fingerprint density at radius 3 is 2.82 bits per heavy atom. The first-order valence-corrected chi connectivity index (χ1v) is 9.19. The minimum absolute atomic E-state index is 0.0347. The molecule has 2 N–H and O–H groups in total. The SMILES string of the molecule is C#Cc1nn(C2C[C@H](CCOC)N(C(=O)OC(C)(C)C)C2)c2ncnc(N)c12. The molecular formula is C19H26N6O3. The molecule has 150 valence electrons. The number of amides is 1. The summed E-state index contributed by atoms with van der Waals surface area (Å²) >= 11 is 0. The van der Waals surface area contributed by atoms with Gasteiger partial charge in [-0.05, 0) is 39.5 Å². The fourth-order valence-electron chi connectivity index (χ4n) is 3.49. The highest BCUT2D eigenvalue weighted by Crippen LogP contribution is 2.33. The Kier molecular flexibility index (Phi) is 5.42. The van der Waals surface area contributed by atoms with Crippen molar-refractivity contribution in [3.05, 3.63) is 12.0 Å². The van der Waals surface area contributed by atoms with Crippen LogP contribution in [0.25, 0.3) is 11.0 Å². The normalized spacial score (nSPS) is 19.8. The van der Waals surface area contributed by atoms with Crippen LogP contribution in [0, 0.1) is 12.3 Å². The molecule has 1 aliphatic heterocycles. The predicted octanol–water partition coefficient (Wildman–Crippen LogP) is 1.98. The number of fused-ring (bicyclic) bond motifs is 1. The van der Waals surface area contributed by atoms with Crippen LogP contribution in [-0.2, 0) is 9.47 Å². The third-order valence-corrected chi connectivity index (χ3v) is 4.68. The number of hydrogen-bond donors (Lipinski definition) is 1. The molecule has 2 atom stereocenters. The molecule has 2 aromatic rings. The molecule has 0 aliphatic carbocycles. The topological polar surface area (TPSA) is 108 Å². The minimum Gasteiger partial charge on any atom is -0.444 e. The van der Waals surface area contributed by atoms with Crippen LogP contribution in [0.5, 0.6) is 0 Å². The van der Waals surface area contributed by atoms with Gasteiger partial charge in [0.15, 0.2) is 5.65 Å². The van der Waals surface area contributed by atoms with Crippen molar-refractivity contribution >= 4 is 22.9 Å². The van der Waals surface area contributed by atoms with Crippen LogP contribution in [0.2, 0.25) is 0 Å². The average molecular weight is 386 g/mol. The molecule has 3 rings (SSSR count). The lowest BCUT2D eigenvalue weighted by Gasteiger charge is -2.28. The van der Waals surface area contributed by atoms with Crippen molar-refractivity contribution in [1.29, 1.82) is 0 Å². The van der Waals surface area contributed by atoms with E-state index in [1.165, 1.54) is 6.33 Å². The number of likely N-dealkylation sites (tertiary alicyclic amines) is 1. The molecule has 0 spiro atoms. The van der Waals surface area contributed by atoms with E-state index >= 15 is 0 Å². The van der Waals surface area contributed by atoms with E-state index in [4.69, 9.17) is 21.6 Å². The molecule has 1 fully saturated rings. The zero-order valence-corrected chi connectivity index (χ0v) is 16.7. The Bertz CT molecular complexity index is 911. The summed E-state index contributed by atoms with van der Waals surface area (Å²) in [6.45, 7) is 6.53. The van der Waals surface area contributed by atoms with Crippen molar-refractivity contribution in [2.24, 2.45) is 0 Å². The minimum atomic E-state index is -0.572. The highest BCUT2D eigenvalue weighted by atomic mass is 16.6. The fraction of sp³-hybridized carbons (Fsp3) is 0.579. The van der Waals surface area contributed by atoms with Crippen LogP contribution >= 0.6 is 0 Å². The second-order valence-corrected chi connectivity index (χ2v) is 7.85. The quantitative estimate of drug-likeness (QED) is 0.800. The third kappa shape index (κ3) is 3.87. The lowest BCUT2D eigenvalue weighted by Crippen LogP contribution is -2.40. The fourth-order valence-corrected chi connectivity index (χ4v) is 3.49. The summed E-state index contributed by atoms with van der Waals surface area (Å²) in [6.07, 6.45) is 8.02. The molecule has 9 heteroatoms. The number of nitrogens with zero attached hydrogens (tertiary/aromatic N) is 5. The summed E-state index contributed by atoms with van der Waals surface area (Å²) in [5.41, 5.74) is 6.38. The molecule has 3 heterocycles. The molecule has 1 aliphatic rings. The van der Waals surface area contributed by atoms with Gasteiger partial charge in [0, 0.05) is 26.3 Å². The third-order valence-electron chi connectivity index (χ3n) is 4.68. The van der Waals surface area contributed by atoms with Crippen molar-refractivity contribution < 1.29 is 14.3 Å². The standard InChI is InChI=1S/C19H26N6O3/c1-6-14-15-16(20)21-11-22-17(15)25(23-14)13-9-12(7-8-27-5)24(10-13)18(26)28-19(2,3)4/h1,11-13H,7-10H2,2-5H3,(H2,20,21,22)/t12-,13?/m0/s1. The molecule has 0 saturated carbocycles. The zero-order valence-electron chi connectivity index (χ0n) is 16.7. The highest BCUT2D eigenvalue weighted by Gasteiger charge is 2.39. The zero-order chi connectivity index (χ0) is 20.5. The van der Waals surface area contributed by atoms with Gasteiger partial charge in [-0.2, -0.15) is 5.10 Å². The van der Waals surface area contributed by atoms with Crippen LogP contribution in [0.4, 0.5) is 10.6 Å². The number of carbonyl (C=O) groups is 1. The van der Waals surface area contributed by atoms with Gasteiger partial charge in [-0.15, -0.1) is 6.42 Å². The molecule has 1 unspecified atom stereocenters. The maximum atomic E-state index is 12.7. The van der Waals surface area contributed by atoms with Gasteiger partial charge >= 0.3 is 6.09 Å². The summed E-state index contributed by atoms with van der Waals surface area (Å²) in [5.74, 6) is 2.84. The van der Waals surface area contributed by atoms with E-state index in [0.717, 1.165) is 0 Å². The second-order valence-electron chi connectivity index (χ2n) is 7.85. The first kappa shape index (κ1) is 19.9. The van der Waals surface area contributed by atoms with Crippen LogP contribution < -0.4 is 5.73 Å². The molecule has 0 bridgehead atoms. The average Bonchev–Trinajstić information content (AvgIpc) is 3.20. The van der Waals surface area contributed by atoms with Crippen LogP contribution in [-0.4, -0.2) is 62.6 Å². The van der Waals surface area contributed by atoms with E-state index < -0.39 is 5.60 Å². The molecule has 2 aromatic heterocycles. The number of anilines is 1. The largest absolute Gasteiger partial charge is 0.444 e. The summed E-state index contributed by atoms with van der Waals surface area (Å²) < 4.78 is 12.6. The summed E-state index contributed by atoms with van der Waals surface area (Å²) in [5, 5.41) is 5.09. The maximum Gasteiger partial charge on any atom is 0.410 e. The molecule has 0 radical (unpaired) electrons. The first-order valence-electron chi connectivity index (χ1n) is 9.19. The van der Waals surface area contributed by atoms with E-state index in [2.05, 4.69) is 21.0 Å². The van der Waals surface area contributed by atoms with E-state index in [0.29, 0.717) is 48.5 Å². The number of hydrogen-bond acceptors (Lipinski definition) is 7. The predicted molar refractivity (Wildman–Crippen MR) is 105 cm³/mol. The maximum absolute atomic E-state index is 12.7. The number of aromatic nitrogens is 4. The van der Waals surface area contributed by atoms with Gasteiger partial charge in [-0.1, -0.05) is 0 Å². The molecule has 1 saturated heterocycles. The van der Waals surface area contributed by atoms with Gasteiger partial charge in [0.1, 0.15) is 23.4 Å². The summed E-state index contributed by atoms with van der Waals surface area (Å²) in [4.78, 5) is 22.8. The molecule has 28 heavy (non-hydrogen) atoms. The number of methoxy groups -OCH3 is 1. The van der Waals surface area contributed by atoms with Crippen molar-refractivity contribution in [2.45, 2.75) is 51.3 Å². The molecule has 0 aromatic carbocycles. The summed E-state index contributed by atoms with van der Waals surface area (Å²) in [7, 11) is 1.64. The van der Waals surface area contributed by atoms with Crippen LogP contribution in [0.1, 0.15) is 45.3 Å². The Morgan fingerprint density at radius 1 is 1.43 bits per heavy atom. The van der Waals surface area contributed by atoms with E-state index in [1.807, 2.05) is 20.8 Å². The van der Waals surface area contributed by atoms with Crippen molar-refractivity contribution in [3.8, 4) is 12.3 Å². The van der Waals surface area contributed by atoms with E-state index in [-0.39, 0.29) is 18.2 Å². The Labute approximate surface area is 164 Å². The van der Waals surface area contributed by atoms with Gasteiger partial charge in [-0.25, -0.2) is 19.4 Å². The Hall–Kier alpha value is -2.86. The molecule has 1 amide bonds. The Balaban J connectivity index is 1.93. The number of carbonyl (C=O) groups excluding carboxylic acids is 1. The lowest BCUT2D eigenvalue weighted by atomic mass is 10.1. The van der Waals surface area contributed by atoms with E-state index in [9.17, 15) is 4.79 Å². The number of nitrogen functional groups attached to an aromatic ring is 1. The number of ether oxygens (including phenoxy) is 2. The van der Waals surface area contributed by atoms with E-state index in [1.54, 1.807) is 16.7 Å². The first-order chi connectivity index (χ1) is 13.2.